The predicted octanol–water partition coefficient (Wildman–Crippen LogP) is 4.35. The van der Waals surface area contributed by atoms with E-state index in [2.05, 4.69) is 26.0 Å². The standard InChI is InChI=1S/C24H36BNO5/c1-3-4-5-7-11-19(2)25-26(16-23(27)30-25,17-24(28)31-25)21-14-10-15-22(21)29-18-20-12-8-6-9-13-20/h6,8-9,12-13,19,21-22H,3-5,7,10-11,14-18H2,1-2H3/t19-,21?,22-,25?,26?/m0/s1. The molecule has 2 aliphatic heterocycles. The van der Waals surface area contributed by atoms with Crippen LogP contribution in [0.15, 0.2) is 30.3 Å². The van der Waals surface area contributed by atoms with Gasteiger partial charge in [-0.3, -0.25) is 9.59 Å². The van der Waals surface area contributed by atoms with Crippen molar-refractivity contribution in [2.75, 3.05) is 13.1 Å². The highest BCUT2D eigenvalue weighted by atomic mass is 16.7. The Morgan fingerprint density at radius 2 is 1.77 bits per heavy atom. The molecule has 0 amide bonds. The van der Waals surface area contributed by atoms with Gasteiger partial charge in [-0.2, -0.15) is 0 Å². The largest absolute Gasteiger partial charge is 0.600 e. The van der Waals surface area contributed by atoms with Crippen LogP contribution in [-0.2, 0) is 30.2 Å². The van der Waals surface area contributed by atoms with Crippen molar-refractivity contribution in [2.45, 2.75) is 89.8 Å². The maximum atomic E-state index is 12.6. The van der Waals surface area contributed by atoms with Crippen LogP contribution in [-0.4, -0.2) is 48.3 Å². The molecule has 0 spiro atoms. The number of hydrogen-bond acceptors (Lipinski definition) is 5. The molecule has 0 bridgehead atoms. The molecule has 1 aromatic rings. The van der Waals surface area contributed by atoms with Crippen LogP contribution in [0.1, 0.15) is 70.8 Å². The summed E-state index contributed by atoms with van der Waals surface area (Å²) in [5.74, 6) is -0.451. The smallest absolute Gasteiger partial charge is 0.587 e. The Balaban J connectivity index is 1.55. The van der Waals surface area contributed by atoms with Crippen molar-refractivity contribution in [2.24, 2.45) is 0 Å². The summed E-state index contributed by atoms with van der Waals surface area (Å²) >= 11 is 0. The van der Waals surface area contributed by atoms with Gasteiger partial charge in [0, 0.05) is 0 Å². The van der Waals surface area contributed by atoms with E-state index in [0.717, 1.165) is 44.1 Å². The van der Waals surface area contributed by atoms with Gasteiger partial charge in [-0.05, 0) is 30.6 Å². The molecule has 3 aliphatic rings. The van der Waals surface area contributed by atoms with E-state index in [9.17, 15) is 9.59 Å². The fourth-order valence-electron chi connectivity index (χ4n) is 6.29. The average molecular weight is 429 g/mol. The summed E-state index contributed by atoms with van der Waals surface area (Å²) in [6, 6.07) is 10.2. The number of fused-ring (bicyclic) bond motifs is 1. The summed E-state index contributed by atoms with van der Waals surface area (Å²) < 4.78 is 18.7. The third kappa shape index (κ3) is 4.14. The zero-order valence-electron chi connectivity index (χ0n) is 19.0. The summed E-state index contributed by atoms with van der Waals surface area (Å²) in [6.45, 7) is 3.24. The van der Waals surface area contributed by atoms with Gasteiger partial charge < -0.3 is 18.4 Å². The summed E-state index contributed by atoms with van der Waals surface area (Å²) in [5.41, 5.74) is 1.14. The number of ether oxygens (including phenoxy) is 1. The quantitative estimate of drug-likeness (QED) is 0.409. The maximum absolute atomic E-state index is 12.6. The topological polar surface area (TPSA) is 61.8 Å². The van der Waals surface area contributed by atoms with Crippen LogP contribution in [0.3, 0.4) is 0 Å². The average Bonchev–Trinajstić information content (AvgIpc) is 3.40. The third-order valence-corrected chi connectivity index (χ3v) is 7.78. The minimum Gasteiger partial charge on any atom is -0.600 e. The van der Waals surface area contributed by atoms with Crippen LogP contribution in [0.25, 0.3) is 0 Å². The van der Waals surface area contributed by atoms with E-state index in [0.29, 0.717) is 11.0 Å². The molecular weight excluding hydrogens is 393 g/mol. The SMILES string of the molecule is CCCCCC[C@H](C)[B-]12OC(=O)C[N+]1(C1CCC[C@@H]1OCc1ccccc1)CC(=O)O2. The van der Waals surface area contributed by atoms with Crippen molar-refractivity contribution in [1.29, 1.82) is 0 Å². The number of nitrogens with zero attached hydrogens (tertiary/aromatic N) is 1. The zero-order chi connectivity index (χ0) is 21.9. The van der Waals surface area contributed by atoms with Gasteiger partial charge in [0.15, 0.2) is 0 Å². The number of benzene rings is 1. The lowest BCUT2D eigenvalue weighted by Gasteiger charge is -2.51. The molecule has 0 radical (unpaired) electrons. The first-order chi connectivity index (χ1) is 15.0. The summed E-state index contributed by atoms with van der Waals surface area (Å²) in [5, 5.41) is 0. The summed E-state index contributed by atoms with van der Waals surface area (Å²) in [6.07, 6.45) is 8.40. The maximum Gasteiger partial charge on any atom is 0.587 e. The molecule has 3 atom stereocenters. The van der Waals surface area contributed by atoms with Crippen LogP contribution in [0.4, 0.5) is 0 Å². The van der Waals surface area contributed by atoms with Crippen LogP contribution in [0, 0.1) is 0 Å². The molecule has 1 saturated carbocycles. The van der Waals surface area contributed by atoms with E-state index in [1.807, 2.05) is 18.2 Å². The summed E-state index contributed by atoms with van der Waals surface area (Å²) in [4.78, 5) is 25.3. The second-order valence-electron chi connectivity index (χ2n) is 9.79. The van der Waals surface area contributed by atoms with E-state index in [4.69, 9.17) is 14.0 Å². The zero-order valence-corrected chi connectivity index (χ0v) is 19.0. The lowest BCUT2D eigenvalue weighted by Crippen LogP contribution is -2.70. The Kier molecular flexibility index (Phi) is 6.72. The Morgan fingerprint density at radius 1 is 1.06 bits per heavy atom. The van der Waals surface area contributed by atoms with Crippen molar-refractivity contribution in [1.82, 2.24) is 0 Å². The lowest BCUT2D eigenvalue weighted by molar-refractivity contribution is -0.846. The summed E-state index contributed by atoms with van der Waals surface area (Å²) in [7, 11) is 0. The van der Waals surface area contributed by atoms with Crippen LogP contribution in [0.2, 0.25) is 5.82 Å². The van der Waals surface area contributed by atoms with E-state index < -0.39 is 6.69 Å². The van der Waals surface area contributed by atoms with Gasteiger partial charge in [0.1, 0.15) is 19.2 Å². The van der Waals surface area contributed by atoms with Gasteiger partial charge in [0.05, 0.1) is 12.6 Å². The van der Waals surface area contributed by atoms with Gasteiger partial charge in [0.25, 0.3) is 0 Å². The number of hydrogen-bond donors (Lipinski definition) is 0. The number of quaternary nitrogens is 1. The molecule has 2 saturated heterocycles. The highest BCUT2D eigenvalue weighted by Crippen LogP contribution is 2.50. The molecule has 1 aromatic carbocycles. The van der Waals surface area contributed by atoms with Gasteiger partial charge in [-0.1, -0.05) is 76.3 Å². The van der Waals surface area contributed by atoms with Crippen molar-refractivity contribution >= 4 is 18.6 Å². The molecule has 170 valence electrons. The normalized spacial score (nSPS) is 33.2. The second kappa shape index (κ2) is 9.33. The number of rotatable bonds is 10. The van der Waals surface area contributed by atoms with Gasteiger partial charge in [-0.25, -0.2) is 0 Å². The molecule has 6 nitrogen and oxygen atoms in total. The van der Waals surface area contributed by atoms with Gasteiger partial charge >= 0.3 is 18.6 Å². The molecule has 0 N–H and O–H groups in total. The number of carbonyl (C=O) groups excluding carboxylic acids is 2. The Labute approximate surface area is 185 Å². The van der Waals surface area contributed by atoms with E-state index in [-0.39, 0.29) is 43.0 Å². The first kappa shape index (κ1) is 22.3. The highest BCUT2D eigenvalue weighted by Gasteiger charge is 2.72. The molecule has 1 aliphatic carbocycles. The van der Waals surface area contributed by atoms with E-state index in [1.54, 1.807) is 0 Å². The van der Waals surface area contributed by atoms with E-state index >= 15 is 0 Å². The lowest BCUT2D eigenvalue weighted by atomic mass is 9.53. The van der Waals surface area contributed by atoms with Crippen LogP contribution >= 0.6 is 0 Å². The molecule has 31 heavy (non-hydrogen) atoms. The fourth-order valence-corrected chi connectivity index (χ4v) is 6.29. The molecule has 3 fully saturated rings. The van der Waals surface area contributed by atoms with Crippen LogP contribution < -0.4 is 0 Å². The minimum atomic E-state index is -2.05. The second-order valence-corrected chi connectivity index (χ2v) is 9.79. The Hall–Kier alpha value is -1.86. The predicted molar refractivity (Wildman–Crippen MR) is 119 cm³/mol. The van der Waals surface area contributed by atoms with E-state index in [1.165, 1.54) is 12.8 Å². The first-order valence-electron chi connectivity index (χ1n) is 12.1. The molecular formula is C24H36BNO5. The number of unbranched alkanes of at least 4 members (excludes halogenated alkanes) is 3. The minimum absolute atomic E-state index is 0.00209. The molecule has 4 rings (SSSR count). The highest BCUT2D eigenvalue weighted by molar-refractivity contribution is 6.67. The van der Waals surface area contributed by atoms with Crippen molar-refractivity contribution < 1.29 is 28.0 Å². The van der Waals surface area contributed by atoms with Crippen molar-refractivity contribution in [3.05, 3.63) is 35.9 Å². The monoisotopic (exact) mass is 429 g/mol. The molecule has 2 heterocycles. The molecule has 0 aromatic heterocycles. The third-order valence-electron chi connectivity index (χ3n) is 7.78. The van der Waals surface area contributed by atoms with Crippen LogP contribution in [0.5, 0.6) is 0 Å². The van der Waals surface area contributed by atoms with Gasteiger partial charge in [0.2, 0.25) is 0 Å². The van der Waals surface area contributed by atoms with Gasteiger partial charge in [-0.15, -0.1) is 0 Å². The Morgan fingerprint density at radius 3 is 2.45 bits per heavy atom. The number of carbonyl (C=O) groups is 2. The Bertz CT molecular complexity index is 765. The van der Waals surface area contributed by atoms with Crippen molar-refractivity contribution in [3.8, 4) is 0 Å². The molecule has 1 unspecified atom stereocenters. The fraction of sp³-hybridized carbons (Fsp3) is 0.667. The molecule has 7 heteroatoms. The first-order valence-corrected chi connectivity index (χ1v) is 12.1. The van der Waals surface area contributed by atoms with Crippen molar-refractivity contribution in [3.63, 3.8) is 0 Å².